The van der Waals surface area contributed by atoms with E-state index in [1.165, 1.54) is 0 Å². The normalized spacial score (nSPS) is 11.5. The summed E-state index contributed by atoms with van der Waals surface area (Å²) in [6.07, 6.45) is 4.24. The van der Waals surface area contributed by atoms with Crippen molar-refractivity contribution >= 4 is 46.6 Å². The van der Waals surface area contributed by atoms with Crippen LogP contribution < -0.4 is 10.6 Å². The van der Waals surface area contributed by atoms with Crippen molar-refractivity contribution < 1.29 is 4.79 Å². The monoisotopic (exact) mass is 348 g/mol. The first-order chi connectivity index (χ1) is 9.98. The van der Waals surface area contributed by atoms with E-state index in [0.29, 0.717) is 15.7 Å². The van der Waals surface area contributed by atoms with Crippen molar-refractivity contribution in [3.63, 3.8) is 0 Å². The Bertz CT molecular complexity index is 450. The summed E-state index contributed by atoms with van der Waals surface area (Å²) in [6.45, 7) is 5.38. The lowest BCUT2D eigenvalue weighted by molar-refractivity contribution is -0.115. The number of hydrogen-bond acceptors (Lipinski definition) is 3. The van der Waals surface area contributed by atoms with Gasteiger partial charge in [-0.25, -0.2) is 0 Å². The van der Waals surface area contributed by atoms with E-state index in [-0.39, 0.29) is 17.2 Å². The van der Waals surface area contributed by atoms with Crippen LogP contribution in [0.5, 0.6) is 0 Å². The van der Waals surface area contributed by atoms with Crippen LogP contribution in [0.15, 0.2) is 18.2 Å². The zero-order chi connectivity index (χ0) is 15.9. The molecule has 1 amide bonds. The molecule has 6 heteroatoms. The van der Waals surface area contributed by atoms with Crippen molar-refractivity contribution in [2.45, 2.75) is 31.4 Å². The predicted octanol–water partition coefficient (Wildman–Crippen LogP) is 4.44. The Morgan fingerprint density at radius 1 is 1.24 bits per heavy atom. The number of carbonyl (C=O) groups excluding carboxylic acids is 1. The molecule has 21 heavy (non-hydrogen) atoms. The summed E-state index contributed by atoms with van der Waals surface area (Å²) in [6, 6.07) is 5.14. The first kappa shape index (κ1) is 18.6. The number of nitrogens with one attached hydrogen (secondary N) is 2. The van der Waals surface area contributed by atoms with Gasteiger partial charge in [0.05, 0.1) is 22.3 Å². The van der Waals surface area contributed by atoms with E-state index in [2.05, 4.69) is 30.7 Å². The second-order valence-electron chi connectivity index (χ2n) is 4.84. The average Bonchev–Trinajstić information content (AvgIpc) is 2.48. The Hall–Kier alpha value is -0.420. The van der Waals surface area contributed by atoms with E-state index in [1.807, 2.05) is 11.8 Å². The highest BCUT2D eigenvalue weighted by Crippen LogP contribution is 2.30. The maximum atomic E-state index is 12.0. The summed E-state index contributed by atoms with van der Waals surface area (Å²) in [5.41, 5.74) is 0.467. The number of thioether (sulfide) groups is 1. The molecule has 1 rings (SSSR count). The van der Waals surface area contributed by atoms with E-state index < -0.39 is 0 Å². The van der Waals surface area contributed by atoms with Gasteiger partial charge in [-0.1, -0.05) is 43.1 Å². The molecule has 0 aliphatic heterocycles. The number of hydrogen-bond donors (Lipinski definition) is 2. The van der Waals surface area contributed by atoms with Gasteiger partial charge in [0.15, 0.2) is 0 Å². The molecule has 1 aromatic rings. The van der Waals surface area contributed by atoms with Crippen LogP contribution in [0.4, 0.5) is 5.69 Å². The summed E-state index contributed by atoms with van der Waals surface area (Å²) in [5, 5.41) is 6.85. The minimum absolute atomic E-state index is 0.146. The number of anilines is 1. The largest absolute Gasteiger partial charge is 0.322 e. The first-order valence-electron chi connectivity index (χ1n) is 6.97. The molecule has 0 heterocycles. The van der Waals surface area contributed by atoms with Crippen LogP contribution >= 0.6 is 35.0 Å². The Kier molecular flexibility index (Phi) is 7.88. The molecule has 0 aliphatic carbocycles. The number of halogens is 2. The van der Waals surface area contributed by atoms with Gasteiger partial charge in [0, 0.05) is 11.3 Å². The van der Waals surface area contributed by atoms with Crippen LogP contribution in [-0.2, 0) is 4.79 Å². The molecule has 1 aromatic carbocycles. The fraction of sp³-hybridized carbons (Fsp3) is 0.533. The van der Waals surface area contributed by atoms with Crippen molar-refractivity contribution in [1.82, 2.24) is 5.32 Å². The third-order valence-corrected chi connectivity index (χ3v) is 5.90. The van der Waals surface area contributed by atoms with Crippen LogP contribution in [0.2, 0.25) is 10.0 Å². The minimum Gasteiger partial charge on any atom is -0.322 e. The Morgan fingerprint density at radius 3 is 2.29 bits per heavy atom. The zero-order valence-electron chi connectivity index (χ0n) is 12.6. The standard InChI is InChI=1S/C15H22Cl2N2OS/c1-4-15(5-2,21-3)10-18-9-13(20)19-14-11(16)7-6-8-12(14)17/h6-8,18H,4-5,9-10H2,1-3H3,(H,19,20). The number of benzene rings is 1. The lowest BCUT2D eigenvalue weighted by Crippen LogP contribution is -2.40. The van der Waals surface area contributed by atoms with Crippen LogP contribution in [0.1, 0.15) is 26.7 Å². The Morgan fingerprint density at radius 2 is 1.81 bits per heavy atom. The molecule has 0 radical (unpaired) electrons. The highest BCUT2D eigenvalue weighted by molar-refractivity contribution is 8.00. The molecule has 0 saturated heterocycles. The van der Waals surface area contributed by atoms with E-state index in [1.54, 1.807) is 18.2 Å². The smallest absolute Gasteiger partial charge is 0.238 e. The molecule has 0 spiro atoms. The van der Waals surface area contributed by atoms with Crippen molar-refractivity contribution in [3.8, 4) is 0 Å². The first-order valence-corrected chi connectivity index (χ1v) is 8.95. The van der Waals surface area contributed by atoms with E-state index in [4.69, 9.17) is 23.2 Å². The van der Waals surface area contributed by atoms with Crippen LogP contribution in [0.25, 0.3) is 0 Å². The number of amides is 1. The molecule has 0 aromatic heterocycles. The topological polar surface area (TPSA) is 41.1 Å². The molecule has 0 fully saturated rings. The molecule has 0 unspecified atom stereocenters. The van der Waals surface area contributed by atoms with Gasteiger partial charge in [-0.2, -0.15) is 11.8 Å². The number of para-hydroxylation sites is 1. The highest BCUT2D eigenvalue weighted by atomic mass is 35.5. The highest BCUT2D eigenvalue weighted by Gasteiger charge is 2.24. The predicted molar refractivity (Wildman–Crippen MR) is 94.8 cm³/mol. The van der Waals surface area contributed by atoms with Crippen molar-refractivity contribution in [2.75, 3.05) is 24.7 Å². The maximum Gasteiger partial charge on any atom is 0.238 e. The Balaban J connectivity index is 2.52. The SMILES string of the molecule is CCC(CC)(CNCC(=O)Nc1c(Cl)cccc1Cl)SC. The van der Waals surface area contributed by atoms with Gasteiger partial charge in [-0.05, 0) is 31.2 Å². The number of rotatable bonds is 8. The van der Waals surface area contributed by atoms with Gasteiger partial charge >= 0.3 is 0 Å². The number of carbonyl (C=O) groups is 1. The van der Waals surface area contributed by atoms with Gasteiger partial charge < -0.3 is 10.6 Å². The van der Waals surface area contributed by atoms with Gasteiger partial charge in [0.1, 0.15) is 0 Å². The van der Waals surface area contributed by atoms with Crippen LogP contribution in [0.3, 0.4) is 0 Å². The molecule has 3 nitrogen and oxygen atoms in total. The second-order valence-corrected chi connectivity index (χ2v) is 6.93. The molecule has 0 aliphatic rings. The lowest BCUT2D eigenvalue weighted by atomic mass is 10.0. The van der Waals surface area contributed by atoms with Crippen molar-refractivity contribution in [3.05, 3.63) is 28.2 Å². The molecule has 0 bridgehead atoms. The third-order valence-electron chi connectivity index (χ3n) is 3.68. The fourth-order valence-electron chi connectivity index (χ4n) is 2.07. The summed E-state index contributed by atoms with van der Waals surface area (Å²) in [5.74, 6) is -0.146. The van der Waals surface area contributed by atoms with Gasteiger partial charge in [-0.15, -0.1) is 0 Å². The van der Waals surface area contributed by atoms with Crippen molar-refractivity contribution in [2.24, 2.45) is 0 Å². The molecular formula is C15H22Cl2N2OS. The Labute approximate surface area is 141 Å². The quantitative estimate of drug-likeness (QED) is 0.729. The summed E-state index contributed by atoms with van der Waals surface area (Å²) < 4.78 is 0.183. The average molecular weight is 349 g/mol. The van der Waals surface area contributed by atoms with E-state index >= 15 is 0 Å². The van der Waals surface area contributed by atoms with E-state index in [0.717, 1.165) is 19.4 Å². The molecular weight excluding hydrogens is 327 g/mol. The minimum atomic E-state index is -0.146. The summed E-state index contributed by atoms with van der Waals surface area (Å²) >= 11 is 13.9. The van der Waals surface area contributed by atoms with E-state index in [9.17, 15) is 4.79 Å². The lowest BCUT2D eigenvalue weighted by Gasteiger charge is -2.29. The van der Waals surface area contributed by atoms with Gasteiger partial charge in [0.25, 0.3) is 0 Å². The maximum absolute atomic E-state index is 12.0. The molecule has 118 valence electrons. The molecule has 2 N–H and O–H groups in total. The van der Waals surface area contributed by atoms with Gasteiger partial charge in [0.2, 0.25) is 5.91 Å². The molecule has 0 saturated carbocycles. The summed E-state index contributed by atoms with van der Waals surface area (Å²) in [4.78, 5) is 12.0. The second kappa shape index (κ2) is 8.89. The molecule has 0 atom stereocenters. The van der Waals surface area contributed by atoms with Crippen molar-refractivity contribution in [1.29, 1.82) is 0 Å². The van der Waals surface area contributed by atoms with Crippen LogP contribution in [-0.4, -0.2) is 30.0 Å². The zero-order valence-corrected chi connectivity index (χ0v) is 15.0. The van der Waals surface area contributed by atoms with Crippen LogP contribution in [0, 0.1) is 0 Å². The third kappa shape index (κ3) is 5.37. The summed E-state index contributed by atoms with van der Waals surface area (Å²) in [7, 11) is 0. The van der Waals surface area contributed by atoms with Gasteiger partial charge in [-0.3, -0.25) is 4.79 Å². The fourth-order valence-corrected chi connectivity index (χ4v) is 3.38.